The second kappa shape index (κ2) is 4.83. The van der Waals surface area contributed by atoms with Gasteiger partial charge in [0.25, 0.3) is 5.91 Å². The number of rotatable bonds is 3. The first-order valence-corrected chi connectivity index (χ1v) is 5.69. The molecular formula is C12H16N2O4. The van der Waals surface area contributed by atoms with Crippen LogP contribution in [0.15, 0.2) is 18.2 Å². The Morgan fingerprint density at radius 2 is 2.28 bits per heavy atom. The van der Waals surface area contributed by atoms with E-state index in [1.165, 1.54) is 4.90 Å². The highest BCUT2D eigenvalue weighted by Gasteiger charge is 2.32. The van der Waals surface area contributed by atoms with Crippen LogP contribution in [-0.4, -0.2) is 41.5 Å². The summed E-state index contributed by atoms with van der Waals surface area (Å²) in [5.74, 6) is 0.256. The van der Waals surface area contributed by atoms with Gasteiger partial charge in [0.15, 0.2) is 6.10 Å². The molecule has 18 heavy (non-hydrogen) atoms. The molecule has 98 valence electrons. The second-order valence-electron chi connectivity index (χ2n) is 4.27. The Bertz CT molecular complexity index is 463. The maximum Gasteiger partial charge on any atom is 0.267 e. The highest BCUT2D eigenvalue weighted by molar-refractivity contribution is 6.00. The highest BCUT2D eigenvalue weighted by atomic mass is 16.5. The quantitative estimate of drug-likeness (QED) is 0.644. The molecule has 2 atom stereocenters. The molecule has 0 saturated heterocycles. The molecule has 0 aliphatic carbocycles. The van der Waals surface area contributed by atoms with Crippen LogP contribution in [0.2, 0.25) is 0 Å². The summed E-state index contributed by atoms with van der Waals surface area (Å²) in [6.07, 6.45) is -1.62. The second-order valence-corrected chi connectivity index (χ2v) is 4.27. The van der Waals surface area contributed by atoms with Crippen LogP contribution in [-0.2, 0) is 4.79 Å². The molecule has 0 spiro atoms. The molecular weight excluding hydrogens is 236 g/mol. The number of hydrogen-bond acceptors (Lipinski definition) is 5. The summed E-state index contributed by atoms with van der Waals surface area (Å²) in [6, 6.07) is 4.96. The first-order valence-electron chi connectivity index (χ1n) is 5.69. The lowest BCUT2D eigenvalue weighted by atomic mass is 10.1. The number of amides is 1. The Balaban J connectivity index is 2.36. The lowest BCUT2D eigenvalue weighted by molar-refractivity contribution is -0.126. The third-order valence-corrected chi connectivity index (χ3v) is 2.80. The van der Waals surface area contributed by atoms with Crippen molar-refractivity contribution in [3.63, 3.8) is 0 Å². The molecule has 1 aromatic rings. The number of nitrogens with two attached hydrogens (primary N) is 1. The standard InChI is InChI=1S/C12H16N2O4/c1-7-12(17)14(5-9(16)6-15)10-3-2-8(13)4-11(10)18-7/h2-4,7,9,15-16H,5-6,13H2,1H3. The van der Waals surface area contributed by atoms with Crippen LogP contribution in [0.1, 0.15) is 6.92 Å². The molecule has 6 heteroatoms. The zero-order valence-electron chi connectivity index (χ0n) is 10.0. The summed E-state index contributed by atoms with van der Waals surface area (Å²) >= 11 is 0. The topological polar surface area (TPSA) is 96.0 Å². The summed E-state index contributed by atoms with van der Waals surface area (Å²) in [5, 5.41) is 18.4. The van der Waals surface area contributed by atoms with Gasteiger partial charge in [-0.2, -0.15) is 0 Å². The number of aliphatic hydroxyl groups excluding tert-OH is 2. The van der Waals surface area contributed by atoms with Crippen LogP contribution in [0.5, 0.6) is 5.75 Å². The number of fused-ring (bicyclic) bond motifs is 1. The Hall–Kier alpha value is -1.79. The molecule has 2 unspecified atom stereocenters. The van der Waals surface area contributed by atoms with E-state index in [1.54, 1.807) is 25.1 Å². The first-order chi connectivity index (χ1) is 8.52. The summed E-state index contributed by atoms with van der Waals surface area (Å²) in [7, 11) is 0. The van der Waals surface area contributed by atoms with Crippen LogP contribution in [0.4, 0.5) is 11.4 Å². The predicted molar refractivity (Wildman–Crippen MR) is 66.4 cm³/mol. The molecule has 2 rings (SSSR count). The molecule has 1 aliphatic rings. The van der Waals surface area contributed by atoms with Gasteiger partial charge in [-0.1, -0.05) is 0 Å². The smallest absolute Gasteiger partial charge is 0.267 e. The first kappa shape index (κ1) is 12.7. The fourth-order valence-electron chi connectivity index (χ4n) is 1.88. The third-order valence-electron chi connectivity index (χ3n) is 2.80. The maximum absolute atomic E-state index is 12.0. The molecule has 1 heterocycles. The van der Waals surface area contributed by atoms with Gasteiger partial charge in [0.1, 0.15) is 5.75 Å². The molecule has 1 amide bonds. The third kappa shape index (κ3) is 2.25. The van der Waals surface area contributed by atoms with E-state index in [1.807, 2.05) is 0 Å². The molecule has 0 bridgehead atoms. The normalized spacial score (nSPS) is 20.3. The lowest BCUT2D eigenvalue weighted by Crippen LogP contribution is -2.48. The van der Waals surface area contributed by atoms with Crippen molar-refractivity contribution in [3.05, 3.63) is 18.2 Å². The Morgan fingerprint density at radius 1 is 1.56 bits per heavy atom. The maximum atomic E-state index is 12.0. The fourth-order valence-corrected chi connectivity index (χ4v) is 1.88. The number of ether oxygens (including phenoxy) is 1. The SMILES string of the molecule is CC1Oc2cc(N)ccc2N(CC(O)CO)C1=O. The summed E-state index contributed by atoms with van der Waals surface area (Å²) in [6.45, 7) is 1.26. The van der Waals surface area contributed by atoms with E-state index in [4.69, 9.17) is 15.6 Å². The number of nitrogen functional groups attached to an aromatic ring is 1. The number of benzene rings is 1. The van der Waals surface area contributed by atoms with Gasteiger partial charge in [0, 0.05) is 11.8 Å². The van der Waals surface area contributed by atoms with Crippen LogP contribution < -0.4 is 15.4 Å². The van der Waals surface area contributed by atoms with Crippen molar-refractivity contribution in [2.45, 2.75) is 19.1 Å². The number of β-amino-alcohol motifs (C(OH)–C–C–N with tert-alkyl or cyclic N) is 1. The van der Waals surface area contributed by atoms with E-state index in [-0.39, 0.29) is 12.5 Å². The highest BCUT2D eigenvalue weighted by Crippen LogP contribution is 2.35. The zero-order chi connectivity index (χ0) is 13.3. The van der Waals surface area contributed by atoms with Crippen molar-refractivity contribution >= 4 is 17.3 Å². The molecule has 4 N–H and O–H groups in total. The minimum Gasteiger partial charge on any atom is -0.479 e. The number of carbonyl (C=O) groups is 1. The fraction of sp³-hybridized carbons (Fsp3) is 0.417. The van der Waals surface area contributed by atoms with Crippen molar-refractivity contribution in [3.8, 4) is 5.75 Å². The van der Waals surface area contributed by atoms with E-state index >= 15 is 0 Å². The zero-order valence-corrected chi connectivity index (χ0v) is 10.0. The van der Waals surface area contributed by atoms with Crippen molar-refractivity contribution in [2.24, 2.45) is 0 Å². The predicted octanol–water partition coefficient (Wildman–Crippen LogP) is -0.264. The van der Waals surface area contributed by atoms with Gasteiger partial charge in [-0.15, -0.1) is 0 Å². The van der Waals surface area contributed by atoms with E-state index in [0.717, 1.165) is 0 Å². The average molecular weight is 252 g/mol. The van der Waals surface area contributed by atoms with Gasteiger partial charge in [0.2, 0.25) is 0 Å². The summed E-state index contributed by atoms with van der Waals surface area (Å²) < 4.78 is 5.45. The molecule has 0 fully saturated rings. The molecule has 6 nitrogen and oxygen atoms in total. The van der Waals surface area contributed by atoms with Crippen LogP contribution in [0, 0.1) is 0 Å². The monoisotopic (exact) mass is 252 g/mol. The molecule has 0 saturated carbocycles. The molecule has 1 aromatic carbocycles. The molecule has 0 radical (unpaired) electrons. The minimum absolute atomic E-state index is 0.0277. The Morgan fingerprint density at radius 3 is 2.94 bits per heavy atom. The van der Waals surface area contributed by atoms with Gasteiger partial charge in [-0.25, -0.2) is 0 Å². The lowest BCUT2D eigenvalue weighted by Gasteiger charge is -2.34. The van der Waals surface area contributed by atoms with E-state index < -0.39 is 18.8 Å². The number of nitrogens with zero attached hydrogens (tertiary/aromatic N) is 1. The number of carbonyl (C=O) groups excluding carboxylic acids is 1. The van der Waals surface area contributed by atoms with E-state index in [2.05, 4.69) is 0 Å². The van der Waals surface area contributed by atoms with Gasteiger partial charge < -0.3 is 25.6 Å². The van der Waals surface area contributed by atoms with Gasteiger partial charge in [-0.05, 0) is 19.1 Å². The van der Waals surface area contributed by atoms with Crippen molar-refractivity contribution in [1.82, 2.24) is 0 Å². The van der Waals surface area contributed by atoms with Crippen LogP contribution >= 0.6 is 0 Å². The largest absolute Gasteiger partial charge is 0.479 e. The van der Waals surface area contributed by atoms with Crippen LogP contribution in [0.3, 0.4) is 0 Å². The van der Waals surface area contributed by atoms with Crippen LogP contribution in [0.25, 0.3) is 0 Å². The number of aliphatic hydroxyl groups is 2. The van der Waals surface area contributed by atoms with Gasteiger partial charge in [0.05, 0.1) is 24.9 Å². The van der Waals surface area contributed by atoms with Gasteiger partial charge in [-0.3, -0.25) is 4.79 Å². The van der Waals surface area contributed by atoms with E-state index in [9.17, 15) is 9.90 Å². The molecule has 0 aromatic heterocycles. The van der Waals surface area contributed by atoms with E-state index in [0.29, 0.717) is 17.1 Å². The van der Waals surface area contributed by atoms with Crippen molar-refractivity contribution in [1.29, 1.82) is 0 Å². The summed E-state index contributed by atoms with van der Waals surface area (Å²) in [5.41, 5.74) is 6.76. The van der Waals surface area contributed by atoms with Crippen molar-refractivity contribution < 1.29 is 19.7 Å². The Kier molecular flexibility index (Phi) is 3.40. The summed E-state index contributed by atoms with van der Waals surface area (Å²) in [4.78, 5) is 13.4. The van der Waals surface area contributed by atoms with Gasteiger partial charge >= 0.3 is 0 Å². The van der Waals surface area contributed by atoms with Crippen molar-refractivity contribution in [2.75, 3.05) is 23.8 Å². The minimum atomic E-state index is -0.982. The average Bonchev–Trinajstić information content (AvgIpc) is 2.34. The molecule has 1 aliphatic heterocycles. The Labute approximate surface area is 105 Å². The number of anilines is 2. The number of hydrogen-bond donors (Lipinski definition) is 3.